The van der Waals surface area contributed by atoms with Gasteiger partial charge in [0, 0.05) is 45.1 Å². The van der Waals surface area contributed by atoms with Crippen molar-refractivity contribution in [1.29, 1.82) is 0 Å². The van der Waals surface area contributed by atoms with Crippen LogP contribution in [0.25, 0.3) is 0 Å². The van der Waals surface area contributed by atoms with Gasteiger partial charge in [-0.05, 0) is 95.8 Å². The molecule has 1 aromatic rings. The Morgan fingerprint density at radius 1 is 1.06 bits per heavy atom. The quantitative estimate of drug-likeness (QED) is 0.188. The summed E-state index contributed by atoms with van der Waals surface area (Å²) in [6.07, 6.45) is 2.99. The second-order valence-corrected chi connectivity index (χ2v) is 15.8. The SMILES string of the molecule is COCCCOc1cc(C[C@@H](C[C@H]2[C@H](C[C@H](C(=O)NC[C@H]3CCC(=O)N3)C(C)C)OC(C)(C)N2C(=O)OC(C)(C)C)C(C)C)ccc1OC. The van der Waals surface area contributed by atoms with Crippen molar-refractivity contribution >= 4 is 17.9 Å². The summed E-state index contributed by atoms with van der Waals surface area (Å²) in [5.74, 6) is 1.46. The molecule has 3 rings (SSSR count). The molecular formula is C38H63N3O8. The van der Waals surface area contributed by atoms with Crippen molar-refractivity contribution < 1.29 is 38.1 Å². The van der Waals surface area contributed by atoms with Gasteiger partial charge in [0.25, 0.3) is 0 Å². The average Bonchev–Trinajstić information content (AvgIpc) is 3.53. The van der Waals surface area contributed by atoms with E-state index in [1.165, 1.54) is 0 Å². The Bertz CT molecular complexity index is 1240. The lowest BCUT2D eigenvalue weighted by molar-refractivity contribution is -0.129. The Morgan fingerprint density at radius 3 is 2.35 bits per heavy atom. The van der Waals surface area contributed by atoms with E-state index >= 15 is 0 Å². The number of nitrogens with zero attached hydrogens (tertiary/aromatic N) is 1. The molecule has 2 N–H and O–H groups in total. The molecule has 0 aliphatic carbocycles. The minimum Gasteiger partial charge on any atom is -0.493 e. The smallest absolute Gasteiger partial charge is 0.412 e. The van der Waals surface area contributed by atoms with Crippen LogP contribution in [-0.4, -0.2) is 86.3 Å². The summed E-state index contributed by atoms with van der Waals surface area (Å²) < 4.78 is 29.5. The van der Waals surface area contributed by atoms with Gasteiger partial charge in [-0.25, -0.2) is 4.79 Å². The second kappa shape index (κ2) is 17.7. The minimum atomic E-state index is -0.950. The molecule has 11 nitrogen and oxygen atoms in total. The van der Waals surface area contributed by atoms with E-state index in [4.69, 9.17) is 23.7 Å². The number of hydrogen-bond donors (Lipinski definition) is 2. The molecule has 5 atom stereocenters. The van der Waals surface area contributed by atoms with Gasteiger partial charge >= 0.3 is 6.09 Å². The van der Waals surface area contributed by atoms with Crippen molar-refractivity contribution in [3.05, 3.63) is 23.8 Å². The van der Waals surface area contributed by atoms with Crippen LogP contribution in [0.3, 0.4) is 0 Å². The number of methoxy groups -OCH3 is 2. The zero-order valence-corrected chi connectivity index (χ0v) is 31.9. The summed E-state index contributed by atoms with van der Waals surface area (Å²) in [7, 11) is 3.31. The van der Waals surface area contributed by atoms with Gasteiger partial charge in [-0.3, -0.25) is 14.5 Å². The van der Waals surface area contributed by atoms with Crippen LogP contribution in [0.5, 0.6) is 11.5 Å². The third-order valence-corrected chi connectivity index (χ3v) is 9.57. The average molecular weight is 690 g/mol. The summed E-state index contributed by atoms with van der Waals surface area (Å²) in [5, 5.41) is 6.01. The molecule has 278 valence electrons. The molecule has 3 amide bonds. The van der Waals surface area contributed by atoms with Crippen LogP contribution in [0.1, 0.15) is 100.0 Å². The molecule has 2 aliphatic heterocycles. The summed E-state index contributed by atoms with van der Waals surface area (Å²) in [5.41, 5.74) is -0.529. The zero-order valence-electron chi connectivity index (χ0n) is 31.9. The molecular weight excluding hydrogens is 626 g/mol. The normalized spacial score (nSPS) is 21.9. The van der Waals surface area contributed by atoms with E-state index in [-0.39, 0.29) is 47.6 Å². The number of carbonyl (C=O) groups excluding carboxylic acids is 3. The molecule has 1 aromatic carbocycles. The van der Waals surface area contributed by atoms with Crippen LogP contribution < -0.4 is 20.1 Å². The molecule has 0 aromatic heterocycles. The molecule has 0 bridgehead atoms. The van der Waals surface area contributed by atoms with Crippen LogP contribution in [0.2, 0.25) is 0 Å². The van der Waals surface area contributed by atoms with Crippen LogP contribution in [0.15, 0.2) is 18.2 Å². The van der Waals surface area contributed by atoms with Crippen LogP contribution in [0.4, 0.5) is 4.79 Å². The number of amides is 3. The summed E-state index contributed by atoms with van der Waals surface area (Å²) >= 11 is 0. The van der Waals surface area contributed by atoms with Gasteiger partial charge in [-0.2, -0.15) is 0 Å². The molecule has 0 radical (unpaired) electrons. The van der Waals surface area contributed by atoms with Gasteiger partial charge in [-0.15, -0.1) is 0 Å². The number of nitrogens with one attached hydrogen (secondary N) is 2. The lowest BCUT2D eigenvalue weighted by Crippen LogP contribution is -2.51. The van der Waals surface area contributed by atoms with Gasteiger partial charge in [0.05, 0.1) is 25.9 Å². The molecule has 49 heavy (non-hydrogen) atoms. The molecule has 2 fully saturated rings. The molecule has 11 heteroatoms. The maximum absolute atomic E-state index is 13.9. The standard InChI is InChI=1S/C38H63N3O8/c1-24(2)27(19-26-13-15-31(46-11)33(20-26)47-18-12-17-45-10)21-30-32(48-38(8,9)41(30)36(44)49-37(5,6)7)22-29(25(3)4)35(43)39-23-28-14-16-34(42)40-28/h13,15,20,24-25,27-30,32H,12,14,16-19,21-23H2,1-11H3,(H,39,43)(H,40,42)/t27-,28+,29-,30-,32-/m0/s1. The van der Waals surface area contributed by atoms with Crippen molar-refractivity contribution in [2.75, 3.05) is 34.0 Å². The van der Waals surface area contributed by atoms with E-state index in [1.54, 1.807) is 19.1 Å². The minimum absolute atomic E-state index is 0.0199. The molecule has 0 unspecified atom stereocenters. The van der Waals surface area contributed by atoms with Gasteiger partial charge in [-0.1, -0.05) is 33.8 Å². The molecule has 2 saturated heterocycles. The summed E-state index contributed by atoms with van der Waals surface area (Å²) in [6.45, 7) is 19.4. The predicted octanol–water partition coefficient (Wildman–Crippen LogP) is 6.11. The van der Waals surface area contributed by atoms with Crippen molar-refractivity contribution in [2.24, 2.45) is 23.7 Å². The molecule has 2 aliphatic rings. The number of hydrogen-bond acceptors (Lipinski definition) is 8. The Morgan fingerprint density at radius 2 is 1.78 bits per heavy atom. The summed E-state index contributed by atoms with van der Waals surface area (Å²) in [6, 6.07) is 5.68. The van der Waals surface area contributed by atoms with Crippen LogP contribution >= 0.6 is 0 Å². The highest BCUT2D eigenvalue weighted by Crippen LogP contribution is 2.42. The first kappa shape index (κ1) is 40.4. The fourth-order valence-corrected chi connectivity index (χ4v) is 6.87. The Labute approximate surface area is 294 Å². The van der Waals surface area contributed by atoms with Crippen molar-refractivity contribution in [3.8, 4) is 11.5 Å². The highest BCUT2D eigenvalue weighted by molar-refractivity contribution is 5.80. The third-order valence-electron chi connectivity index (χ3n) is 9.57. The maximum Gasteiger partial charge on any atom is 0.412 e. The van der Waals surface area contributed by atoms with Crippen molar-refractivity contribution in [1.82, 2.24) is 15.5 Å². The van der Waals surface area contributed by atoms with Crippen LogP contribution in [0, 0.1) is 23.7 Å². The van der Waals surface area contributed by atoms with E-state index in [9.17, 15) is 14.4 Å². The Kier molecular flexibility index (Phi) is 14.6. The van der Waals surface area contributed by atoms with Crippen LogP contribution in [-0.2, 0) is 30.2 Å². The topological polar surface area (TPSA) is 125 Å². The fraction of sp³-hybridized carbons (Fsp3) is 0.763. The van der Waals surface area contributed by atoms with Crippen molar-refractivity contribution in [2.45, 2.75) is 130 Å². The Hall–Kier alpha value is -3.05. The molecule has 2 heterocycles. The number of benzene rings is 1. The number of ether oxygens (including phenoxy) is 5. The van der Waals surface area contributed by atoms with Gasteiger partial charge in [0.15, 0.2) is 11.5 Å². The monoisotopic (exact) mass is 689 g/mol. The summed E-state index contributed by atoms with van der Waals surface area (Å²) in [4.78, 5) is 41.0. The van der Waals surface area contributed by atoms with E-state index in [2.05, 4.69) is 30.5 Å². The fourth-order valence-electron chi connectivity index (χ4n) is 6.87. The largest absolute Gasteiger partial charge is 0.493 e. The van der Waals surface area contributed by atoms with Gasteiger partial charge < -0.3 is 34.3 Å². The highest BCUT2D eigenvalue weighted by Gasteiger charge is 2.52. The molecule has 0 saturated carbocycles. The van der Waals surface area contributed by atoms with E-state index in [0.717, 1.165) is 18.4 Å². The van der Waals surface area contributed by atoms with E-state index < -0.39 is 23.5 Å². The lowest BCUT2D eigenvalue weighted by Gasteiger charge is -2.37. The van der Waals surface area contributed by atoms with E-state index in [1.807, 2.05) is 60.6 Å². The maximum atomic E-state index is 13.9. The number of rotatable bonds is 17. The predicted molar refractivity (Wildman–Crippen MR) is 190 cm³/mol. The molecule has 0 spiro atoms. The van der Waals surface area contributed by atoms with Gasteiger partial charge in [0.1, 0.15) is 11.3 Å². The first-order valence-electron chi connectivity index (χ1n) is 18.0. The lowest BCUT2D eigenvalue weighted by atomic mass is 9.80. The first-order chi connectivity index (χ1) is 22.9. The van der Waals surface area contributed by atoms with E-state index in [0.29, 0.717) is 56.9 Å². The highest BCUT2D eigenvalue weighted by atomic mass is 16.6. The first-order valence-corrected chi connectivity index (χ1v) is 18.0. The zero-order chi connectivity index (χ0) is 36.5. The van der Waals surface area contributed by atoms with Gasteiger partial charge in [0.2, 0.25) is 11.8 Å². The van der Waals surface area contributed by atoms with Crippen molar-refractivity contribution in [3.63, 3.8) is 0 Å². The Balaban J connectivity index is 1.90. The number of carbonyl (C=O) groups is 3. The second-order valence-electron chi connectivity index (χ2n) is 15.8. The third kappa shape index (κ3) is 11.8.